The van der Waals surface area contributed by atoms with E-state index in [1.165, 1.54) is 31.2 Å². The monoisotopic (exact) mass is 404 g/mol. The normalized spacial score (nSPS) is 27.8. The van der Waals surface area contributed by atoms with Crippen LogP contribution >= 0.6 is 0 Å². The maximum Gasteiger partial charge on any atom is 0.319 e. The minimum Gasteiger partial charge on any atom is -0.337 e. The Morgan fingerprint density at radius 1 is 1.10 bits per heavy atom. The van der Waals surface area contributed by atoms with Crippen molar-refractivity contribution in [2.45, 2.75) is 71.1 Å². The molecule has 2 aromatic rings. The molecule has 1 saturated carbocycles. The molecule has 2 N–H and O–H groups in total. The topological polar surface area (TPSA) is 41.1 Å². The van der Waals surface area contributed by atoms with Crippen LogP contribution in [-0.2, 0) is 11.8 Å². The molecular weight excluding hydrogens is 368 g/mol. The van der Waals surface area contributed by atoms with Gasteiger partial charge in [-0.2, -0.15) is 0 Å². The van der Waals surface area contributed by atoms with Gasteiger partial charge in [-0.1, -0.05) is 70.5 Å². The van der Waals surface area contributed by atoms with Crippen LogP contribution in [0.2, 0.25) is 0 Å². The standard InChI is InChI=1S/C27H36N2O/c1-19(2)20-11-13-23-21(17-20)12-14-24-26(3,15-8-16-27(23,24)4)18-28-25(30)29-22-9-6-5-7-10-22/h5-7,9-11,13,17,19,24H,8,12,14-16,18H2,1-4H3,(H2,28,29,30)/t24-,26-,27+/m0/s1. The van der Waals surface area contributed by atoms with E-state index in [9.17, 15) is 4.79 Å². The zero-order chi connectivity index (χ0) is 21.4. The number of urea groups is 1. The van der Waals surface area contributed by atoms with Crippen molar-refractivity contribution in [1.29, 1.82) is 0 Å². The highest BCUT2D eigenvalue weighted by Crippen LogP contribution is 2.57. The van der Waals surface area contributed by atoms with Gasteiger partial charge in [0.05, 0.1) is 0 Å². The minimum atomic E-state index is -0.104. The molecule has 3 atom stereocenters. The van der Waals surface area contributed by atoms with Gasteiger partial charge < -0.3 is 10.6 Å². The van der Waals surface area contributed by atoms with E-state index < -0.39 is 0 Å². The molecule has 3 heteroatoms. The van der Waals surface area contributed by atoms with E-state index in [1.54, 1.807) is 11.1 Å². The molecule has 3 nitrogen and oxygen atoms in total. The summed E-state index contributed by atoms with van der Waals surface area (Å²) in [6, 6.07) is 16.8. The smallest absolute Gasteiger partial charge is 0.319 e. The number of hydrogen-bond donors (Lipinski definition) is 2. The predicted molar refractivity (Wildman–Crippen MR) is 125 cm³/mol. The summed E-state index contributed by atoms with van der Waals surface area (Å²) >= 11 is 0. The lowest BCUT2D eigenvalue weighted by atomic mass is 9.49. The molecule has 0 bridgehead atoms. The first-order valence-electron chi connectivity index (χ1n) is 11.5. The first kappa shape index (κ1) is 21.0. The number of para-hydroxylation sites is 1. The van der Waals surface area contributed by atoms with Gasteiger partial charge in [0.2, 0.25) is 0 Å². The Balaban J connectivity index is 1.51. The SMILES string of the molecule is CC(C)c1ccc2c(c1)CC[C@H]1[C@](C)(CNC(=O)Nc3ccccc3)CCC[C@]21C. The van der Waals surface area contributed by atoms with Gasteiger partial charge >= 0.3 is 6.03 Å². The van der Waals surface area contributed by atoms with Crippen LogP contribution in [0.1, 0.15) is 76.0 Å². The number of benzene rings is 2. The van der Waals surface area contributed by atoms with Crippen LogP contribution in [0.15, 0.2) is 48.5 Å². The summed E-state index contributed by atoms with van der Waals surface area (Å²) < 4.78 is 0. The third kappa shape index (κ3) is 3.87. The predicted octanol–water partition coefficient (Wildman–Crippen LogP) is 6.64. The van der Waals surface area contributed by atoms with Crippen LogP contribution in [0.25, 0.3) is 0 Å². The van der Waals surface area contributed by atoms with Crippen molar-refractivity contribution < 1.29 is 4.79 Å². The summed E-state index contributed by atoms with van der Waals surface area (Å²) in [6.45, 7) is 10.2. The van der Waals surface area contributed by atoms with Gasteiger partial charge in [0, 0.05) is 12.2 Å². The maximum absolute atomic E-state index is 12.5. The van der Waals surface area contributed by atoms with Crippen LogP contribution in [0.4, 0.5) is 10.5 Å². The van der Waals surface area contributed by atoms with Gasteiger partial charge in [-0.25, -0.2) is 4.79 Å². The largest absolute Gasteiger partial charge is 0.337 e. The summed E-state index contributed by atoms with van der Waals surface area (Å²) in [5, 5.41) is 6.15. The average Bonchev–Trinajstić information content (AvgIpc) is 2.72. The molecule has 30 heavy (non-hydrogen) atoms. The fourth-order valence-electron chi connectivity index (χ4n) is 6.19. The molecule has 1 fully saturated rings. The van der Waals surface area contributed by atoms with Crippen molar-refractivity contribution in [2.24, 2.45) is 11.3 Å². The molecule has 0 aromatic heterocycles. The van der Waals surface area contributed by atoms with Gasteiger partial charge in [-0.3, -0.25) is 0 Å². The van der Waals surface area contributed by atoms with Crippen molar-refractivity contribution in [2.75, 3.05) is 11.9 Å². The minimum absolute atomic E-state index is 0.104. The summed E-state index contributed by atoms with van der Waals surface area (Å²) in [6.07, 6.45) is 6.01. The zero-order valence-electron chi connectivity index (χ0n) is 18.9. The van der Waals surface area contributed by atoms with Crippen molar-refractivity contribution in [1.82, 2.24) is 5.32 Å². The third-order valence-corrected chi connectivity index (χ3v) is 7.85. The number of aryl methyl sites for hydroxylation is 1. The van der Waals surface area contributed by atoms with Crippen LogP contribution in [0, 0.1) is 11.3 Å². The van der Waals surface area contributed by atoms with Crippen molar-refractivity contribution in [3.63, 3.8) is 0 Å². The molecule has 2 aliphatic rings. The lowest BCUT2D eigenvalue weighted by molar-refractivity contribution is 0.0281. The Morgan fingerprint density at radius 3 is 2.60 bits per heavy atom. The Labute approximate surface area is 181 Å². The molecule has 0 radical (unpaired) electrons. The highest BCUT2D eigenvalue weighted by molar-refractivity contribution is 5.89. The fourth-order valence-corrected chi connectivity index (χ4v) is 6.19. The van der Waals surface area contributed by atoms with E-state index in [0.717, 1.165) is 18.7 Å². The molecule has 4 rings (SSSR count). The van der Waals surface area contributed by atoms with E-state index in [0.29, 0.717) is 11.8 Å². The Bertz CT molecular complexity index is 906. The number of fused-ring (bicyclic) bond motifs is 3. The highest BCUT2D eigenvalue weighted by atomic mass is 16.2. The Hall–Kier alpha value is -2.29. The van der Waals surface area contributed by atoms with E-state index in [2.05, 4.69) is 56.5 Å². The molecule has 0 aliphatic heterocycles. The third-order valence-electron chi connectivity index (χ3n) is 7.85. The Kier molecular flexibility index (Phi) is 5.65. The number of hydrogen-bond acceptors (Lipinski definition) is 1. The van der Waals surface area contributed by atoms with Crippen LogP contribution in [0.5, 0.6) is 0 Å². The van der Waals surface area contributed by atoms with Crippen LogP contribution < -0.4 is 10.6 Å². The number of rotatable bonds is 4. The highest BCUT2D eigenvalue weighted by Gasteiger charge is 2.51. The quantitative estimate of drug-likeness (QED) is 0.589. The van der Waals surface area contributed by atoms with Crippen LogP contribution in [-0.4, -0.2) is 12.6 Å². The second-order valence-electron chi connectivity index (χ2n) is 10.3. The molecule has 0 heterocycles. The molecule has 2 amide bonds. The van der Waals surface area contributed by atoms with Crippen molar-refractivity contribution in [3.8, 4) is 0 Å². The Morgan fingerprint density at radius 2 is 1.87 bits per heavy atom. The van der Waals surface area contributed by atoms with Crippen molar-refractivity contribution in [3.05, 3.63) is 65.2 Å². The molecule has 0 saturated heterocycles. The van der Waals surface area contributed by atoms with Gasteiger partial charge in [0.25, 0.3) is 0 Å². The maximum atomic E-state index is 12.5. The van der Waals surface area contributed by atoms with E-state index >= 15 is 0 Å². The van der Waals surface area contributed by atoms with E-state index in [4.69, 9.17) is 0 Å². The number of nitrogens with one attached hydrogen (secondary N) is 2. The van der Waals surface area contributed by atoms with Gasteiger partial charge in [0.15, 0.2) is 0 Å². The zero-order valence-corrected chi connectivity index (χ0v) is 18.9. The molecule has 0 spiro atoms. The van der Waals surface area contributed by atoms with E-state index in [1.807, 2.05) is 30.3 Å². The van der Waals surface area contributed by atoms with Crippen LogP contribution in [0.3, 0.4) is 0 Å². The van der Waals surface area contributed by atoms with E-state index in [-0.39, 0.29) is 16.9 Å². The molecule has 2 aromatic carbocycles. The second kappa shape index (κ2) is 8.09. The number of carbonyl (C=O) groups excluding carboxylic acids is 1. The lowest BCUT2D eigenvalue weighted by Gasteiger charge is -2.55. The van der Waals surface area contributed by atoms with Gasteiger partial charge in [-0.15, -0.1) is 0 Å². The summed E-state index contributed by atoms with van der Waals surface area (Å²) in [5.74, 6) is 1.16. The number of carbonyl (C=O) groups is 1. The summed E-state index contributed by atoms with van der Waals surface area (Å²) in [7, 11) is 0. The molecule has 160 valence electrons. The molecule has 0 unspecified atom stereocenters. The summed E-state index contributed by atoms with van der Waals surface area (Å²) in [4.78, 5) is 12.5. The fraction of sp³-hybridized carbons (Fsp3) is 0.519. The second-order valence-corrected chi connectivity index (χ2v) is 10.3. The van der Waals surface area contributed by atoms with Gasteiger partial charge in [0.1, 0.15) is 0 Å². The molecular formula is C27H36N2O. The number of anilines is 1. The molecule has 2 aliphatic carbocycles. The first-order valence-corrected chi connectivity index (χ1v) is 11.5. The van der Waals surface area contributed by atoms with Gasteiger partial charge in [-0.05, 0) is 77.2 Å². The summed E-state index contributed by atoms with van der Waals surface area (Å²) in [5.41, 5.74) is 5.72. The van der Waals surface area contributed by atoms with Crippen molar-refractivity contribution >= 4 is 11.7 Å². The first-order chi connectivity index (χ1) is 14.3. The lowest BCUT2D eigenvalue weighted by Crippen LogP contribution is -2.53. The number of amides is 2. The average molecular weight is 405 g/mol.